The second kappa shape index (κ2) is 7.11. The van der Waals surface area contributed by atoms with Crippen LogP contribution < -0.4 is 15.4 Å². The SMILES string of the molecule is CCC1c2c(cnn2C2CN(C(=O)OC(C)(C)C)C2)-c2c(OC)ccc(N)c2N1C. The topological polar surface area (TPSA) is 85.8 Å². The lowest BCUT2D eigenvalue weighted by molar-refractivity contribution is -0.000891. The molecule has 2 aliphatic heterocycles. The Labute approximate surface area is 177 Å². The largest absolute Gasteiger partial charge is 0.496 e. The van der Waals surface area contributed by atoms with Crippen molar-refractivity contribution in [2.24, 2.45) is 0 Å². The molecule has 0 saturated carbocycles. The van der Waals surface area contributed by atoms with Crippen LogP contribution in [-0.4, -0.2) is 53.6 Å². The molecular weight excluding hydrogens is 382 g/mol. The fourth-order valence-corrected chi connectivity index (χ4v) is 4.48. The first-order valence-electron chi connectivity index (χ1n) is 10.4. The molecule has 30 heavy (non-hydrogen) atoms. The molecule has 1 aromatic heterocycles. The van der Waals surface area contributed by atoms with Gasteiger partial charge in [-0.1, -0.05) is 6.92 Å². The van der Waals surface area contributed by atoms with E-state index < -0.39 is 5.60 Å². The number of aromatic nitrogens is 2. The second-order valence-corrected chi connectivity index (χ2v) is 9.04. The van der Waals surface area contributed by atoms with Crippen LogP contribution in [0.2, 0.25) is 0 Å². The number of nitrogens with zero attached hydrogens (tertiary/aromatic N) is 4. The maximum absolute atomic E-state index is 12.3. The second-order valence-electron chi connectivity index (χ2n) is 9.04. The lowest BCUT2D eigenvalue weighted by atomic mass is 9.90. The van der Waals surface area contributed by atoms with Crippen molar-refractivity contribution >= 4 is 17.5 Å². The van der Waals surface area contributed by atoms with Gasteiger partial charge in [-0.05, 0) is 39.3 Å². The molecule has 8 nitrogen and oxygen atoms in total. The van der Waals surface area contributed by atoms with Crippen LogP contribution in [0.15, 0.2) is 18.3 Å². The number of carbonyl (C=O) groups is 1. The summed E-state index contributed by atoms with van der Waals surface area (Å²) in [5.74, 6) is 0.783. The molecule has 2 N–H and O–H groups in total. The highest BCUT2D eigenvalue weighted by atomic mass is 16.6. The number of methoxy groups -OCH3 is 1. The van der Waals surface area contributed by atoms with Gasteiger partial charge in [0.05, 0.1) is 48.0 Å². The lowest BCUT2D eigenvalue weighted by Crippen LogP contribution is -2.53. The summed E-state index contributed by atoms with van der Waals surface area (Å²) in [4.78, 5) is 16.3. The zero-order valence-electron chi connectivity index (χ0n) is 18.6. The third-order valence-corrected chi connectivity index (χ3v) is 5.88. The quantitative estimate of drug-likeness (QED) is 0.770. The van der Waals surface area contributed by atoms with E-state index in [-0.39, 0.29) is 18.2 Å². The van der Waals surface area contributed by atoms with E-state index in [0.29, 0.717) is 13.1 Å². The van der Waals surface area contributed by atoms with Gasteiger partial charge in [-0.15, -0.1) is 0 Å². The van der Waals surface area contributed by atoms with Crippen LogP contribution in [0.4, 0.5) is 16.2 Å². The molecule has 0 bridgehead atoms. The van der Waals surface area contributed by atoms with Gasteiger partial charge in [0, 0.05) is 25.7 Å². The van der Waals surface area contributed by atoms with Crippen molar-refractivity contribution in [1.82, 2.24) is 14.7 Å². The number of amides is 1. The van der Waals surface area contributed by atoms with Crippen LogP contribution in [-0.2, 0) is 4.74 Å². The van der Waals surface area contributed by atoms with Gasteiger partial charge in [-0.25, -0.2) is 4.79 Å². The minimum Gasteiger partial charge on any atom is -0.496 e. The lowest BCUT2D eigenvalue weighted by Gasteiger charge is -2.43. The first kappa shape index (κ1) is 20.4. The fourth-order valence-electron chi connectivity index (χ4n) is 4.48. The average molecular weight is 414 g/mol. The van der Waals surface area contributed by atoms with Crippen molar-refractivity contribution in [2.75, 3.05) is 37.9 Å². The van der Waals surface area contributed by atoms with E-state index in [9.17, 15) is 4.79 Å². The predicted molar refractivity (Wildman–Crippen MR) is 117 cm³/mol. The van der Waals surface area contributed by atoms with Gasteiger partial charge in [-0.2, -0.15) is 5.10 Å². The van der Waals surface area contributed by atoms with Crippen molar-refractivity contribution in [3.63, 3.8) is 0 Å². The fraction of sp³-hybridized carbons (Fsp3) is 0.545. The van der Waals surface area contributed by atoms with Gasteiger partial charge >= 0.3 is 6.09 Å². The molecule has 0 aliphatic carbocycles. The standard InChI is InChI=1S/C22H31N5O3/c1-7-16-19-14(18-17(29-6)9-8-15(23)20(18)25(16)5)10-24-27(19)13-11-26(12-13)21(28)30-22(2,3)4/h8-10,13,16H,7,11-12,23H2,1-6H3. The van der Waals surface area contributed by atoms with E-state index in [2.05, 4.69) is 23.6 Å². The summed E-state index contributed by atoms with van der Waals surface area (Å²) in [6.45, 7) is 8.98. The summed E-state index contributed by atoms with van der Waals surface area (Å²) in [5.41, 5.74) is 10.7. The molecule has 1 saturated heterocycles. The highest BCUT2D eigenvalue weighted by Crippen LogP contribution is 2.52. The number of nitrogens with two attached hydrogens (primary N) is 1. The maximum atomic E-state index is 12.3. The first-order valence-corrected chi connectivity index (χ1v) is 10.4. The van der Waals surface area contributed by atoms with E-state index in [1.165, 1.54) is 0 Å². The molecule has 162 valence electrons. The summed E-state index contributed by atoms with van der Waals surface area (Å²) in [5, 5.41) is 4.74. The predicted octanol–water partition coefficient (Wildman–Crippen LogP) is 3.83. The summed E-state index contributed by atoms with van der Waals surface area (Å²) in [7, 11) is 3.74. The van der Waals surface area contributed by atoms with E-state index in [0.717, 1.165) is 40.4 Å². The normalized spacial score (nSPS) is 18.5. The van der Waals surface area contributed by atoms with Crippen LogP contribution in [0.1, 0.15) is 51.9 Å². The Bertz CT molecular complexity index is 972. The van der Waals surface area contributed by atoms with Gasteiger partial charge in [0.1, 0.15) is 11.4 Å². The molecule has 0 spiro atoms. The molecule has 2 aromatic rings. The summed E-state index contributed by atoms with van der Waals surface area (Å²) in [6, 6.07) is 4.06. The Balaban J connectivity index is 1.69. The Morgan fingerprint density at radius 3 is 2.60 bits per heavy atom. The molecule has 0 radical (unpaired) electrons. The van der Waals surface area contributed by atoms with Crippen molar-refractivity contribution < 1.29 is 14.3 Å². The van der Waals surface area contributed by atoms with Crippen molar-refractivity contribution in [2.45, 2.75) is 51.8 Å². The van der Waals surface area contributed by atoms with Crippen molar-refractivity contribution in [1.29, 1.82) is 0 Å². The molecule has 1 atom stereocenters. The number of anilines is 2. The molecular formula is C22H31N5O3. The minimum atomic E-state index is -0.497. The summed E-state index contributed by atoms with van der Waals surface area (Å²) in [6.07, 6.45) is 2.54. The number of hydrogen-bond donors (Lipinski definition) is 1. The van der Waals surface area contributed by atoms with Crippen molar-refractivity contribution in [3.8, 4) is 16.9 Å². The number of ether oxygens (including phenoxy) is 2. The van der Waals surface area contributed by atoms with Crippen LogP contribution in [0.25, 0.3) is 11.1 Å². The Morgan fingerprint density at radius 1 is 1.30 bits per heavy atom. The zero-order valence-corrected chi connectivity index (χ0v) is 18.6. The van der Waals surface area contributed by atoms with Crippen LogP contribution in [0.5, 0.6) is 5.75 Å². The molecule has 1 aromatic carbocycles. The number of likely N-dealkylation sites (tertiary alicyclic amines) is 1. The third kappa shape index (κ3) is 3.14. The van der Waals surface area contributed by atoms with E-state index in [1.807, 2.05) is 39.1 Å². The molecule has 1 amide bonds. The zero-order chi connectivity index (χ0) is 21.8. The third-order valence-electron chi connectivity index (χ3n) is 5.88. The molecule has 1 fully saturated rings. The number of nitrogen functional groups attached to an aromatic ring is 1. The Morgan fingerprint density at radius 2 is 2.00 bits per heavy atom. The summed E-state index contributed by atoms with van der Waals surface area (Å²) < 4.78 is 13.2. The van der Waals surface area contributed by atoms with Crippen LogP contribution in [0, 0.1) is 0 Å². The number of hydrogen-bond acceptors (Lipinski definition) is 6. The van der Waals surface area contributed by atoms with Crippen LogP contribution in [0.3, 0.4) is 0 Å². The Kier molecular flexibility index (Phi) is 4.83. The molecule has 8 heteroatoms. The number of benzene rings is 1. The smallest absolute Gasteiger partial charge is 0.410 e. The highest BCUT2D eigenvalue weighted by molar-refractivity contribution is 5.94. The minimum absolute atomic E-state index is 0.123. The number of rotatable bonds is 3. The maximum Gasteiger partial charge on any atom is 0.410 e. The van der Waals surface area contributed by atoms with Gasteiger partial charge in [0.25, 0.3) is 0 Å². The molecule has 1 unspecified atom stereocenters. The van der Waals surface area contributed by atoms with Gasteiger partial charge in [0.15, 0.2) is 0 Å². The highest BCUT2D eigenvalue weighted by Gasteiger charge is 2.41. The average Bonchev–Trinajstić information content (AvgIpc) is 3.04. The van der Waals surface area contributed by atoms with E-state index >= 15 is 0 Å². The monoisotopic (exact) mass is 413 g/mol. The van der Waals surface area contributed by atoms with E-state index in [4.69, 9.17) is 20.3 Å². The molecule has 3 heterocycles. The van der Waals surface area contributed by atoms with Crippen LogP contribution >= 0.6 is 0 Å². The van der Waals surface area contributed by atoms with Gasteiger partial charge in [0.2, 0.25) is 0 Å². The molecule has 2 aliphatic rings. The Hall–Kier alpha value is -2.90. The van der Waals surface area contributed by atoms with Gasteiger partial charge < -0.3 is 25.0 Å². The molecule has 4 rings (SSSR count). The van der Waals surface area contributed by atoms with Gasteiger partial charge in [-0.3, -0.25) is 4.68 Å². The summed E-state index contributed by atoms with van der Waals surface area (Å²) >= 11 is 0. The number of fused-ring (bicyclic) bond motifs is 3. The van der Waals surface area contributed by atoms with Crippen molar-refractivity contribution in [3.05, 3.63) is 24.0 Å². The van der Waals surface area contributed by atoms with E-state index in [1.54, 1.807) is 12.0 Å². The first-order chi connectivity index (χ1) is 14.2. The number of carbonyl (C=O) groups excluding carboxylic acids is 1.